The van der Waals surface area contributed by atoms with Gasteiger partial charge < -0.3 is 20.4 Å². The van der Waals surface area contributed by atoms with E-state index in [1.807, 2.05) is 36.9 Å². The molecule has 0 radical (unpaired) electrons. The Morgan fingerprint density at radius 2 is 1.94 bits per heavy atom. The molecule has 3 N–H and O–H groups in total. The fraction of sp³-hybridized carbons (Fsp3) is 0.292. The summed E-state index contributed by atoms with van der Waals surface area (Å²) in [7, 11) is 3.67. The van der Waals surface area contributed by atoms with Gasteiger partial charge >= 0.3 is 0 Å². The minimum Gasteiger partial charge on any atom is -0.378 e. The van der Waals surface area contributed by atoms with Crippen LogP contribution in [0.25, 0.3) is 22.2 Å². The molecule has 174 valence electrons. The summed E-state index contributed by atoms with van der Waals surface area (Å²) in [6, 6.07) is 8.22. The SMILES string of the molecule is CN/N=C1/C=C(Nc2cc(-c3ccc4c(C)nn(C)c4c3)nc(N3CCOCC3)n2)C=CC1=N. The van der Waals surface area contributed by atoms with Gasteiger partial charge in [0.2, 0.25) is 5.95 Å². The number of anilines is 2. The monoisotopic (exact) mass is 457 g/mol. The van der Waals surface area contributed by atoms with Crippen molar-refractivity contribution in [1.82, 2.24) is 25.2 Å². The molecule has 1 aliphatic carbocycles. The summed E-state index contributed by atoms with van der Waals surface area (Å²) in [6.07, 6.45) is 5.37. The van der Waals surface area contributed by atoms with Crippen LogP contribution in [0.15, 0.2) is 53.3 Å². The van der Waals surface area contributed by atoms with Crippen LogP contribution < -0.4 is 15.6 Å². The van der Waals surface area contributed by atoms with Gasteiger partial charge in [0.1, 0.15) is 11.5 Å². The van der Waals surface area contributed by atoms with E-state index in [4.69, 9.17) is 20.1 Å². The van der Waals surface area contributed by atoms with Crippen molar-refractivity contribution >= 4 is 34.1 Å². The Kier molecular flexibility index (Phi) is 5.81. The molecule has 1 aliphatic heterocycles. The third-order valence-electron chi connectivity index (χ3n) is 5.84. The second-order valence-electron chi connectivity index (χ2n) is 8.17. The molecule has 34 heavy (non-hydrogen) atoms. The van der Waals surface area contributed by atoms with E-state index in [2.05, 4.69) is 44.0 Å². The Morgan fingerprint density at radius 1 is 1.12 bits per heavy atom. The molecule has 0 spiro atoms. The number of benzene rings is 1. The first kappa shape index (κ1) is 21.8. The smallest absolute Gasteiger partial charge is 0.228 e. The molecule has 3 aromatic rings. The summed E-state index contributed by atoms with van der Waals surface area (Å²) >= 11 is 0. The highest BCUT2D eigenvalue weighted by Gasteiger charge is 2.18. The van der Waals surface area contributed by atoms with Crippen molar-refractivity contribution in [3.63, 3.8) is 0 Å². The molecule has 10 heteroatoms. The standard InChI is InChI=1S/C24H27N9O/c1-15-18-6-4-16(12-22(18)32(3)31-15)20-14-23(29-24(28-20)33-8-10-34-11-9-33)27-17-5-7-19(25)21(13-17)30-26-2/h4-7,12-14,25-26H,8-11H2,1-3H3,(H,27,28,29)/b25-19?,30-21-. The number of fused-ring (bicyclic) bond motifs is 1. The maximum Gasteiger partial charge on any atom is 0.228 e. The lowest BCUT2D eigenvalue weighted by Crippen LogP contribution is -2.37. The summed E-state index contributed by atoms with van der Waals surface area (Å²) < 4.78 is 7.41. The highest BCUT2D eigenvalue weighted by atomic mass is 16.5. The van der Waals surface area contributed by atoms with E-state index in [1.54, 1.807) is 13.1 Å². The highest BCUT2D eigenvalue weighted by molar-refractivity contribution is 6.50. The zero-order chi connectivity index (χ0) is 23.7. The molecule has 1 aromatic carbocycles. The summed E-state index contributed by atoms with van der Waals surface area (Å²) in [5, 5.41) is 21.2. The molecule has 0 bridgehead atoms. The first-order valence-corrected chi connectivity index (χ1v) is 11.2. The molecule has 0 amide bonds. The van der Waals surface area contributed by atoms with Crippen LogP contribution in [0.3, 0.4) is 0 Å². The molecule has 5 rings (SSSR count). The van der Waals surface area contributed by atoms with Crippen LogP contribution in [0, 0.1) is 12.3 Å². The number of allylic oxidation sites excluding steroid dienone is 3. The van der Waals surface area contributed by atoms with Gasteiger partial charge in [0, 0.05) is 49.9 Å². The van der Waals surface area contributed by atoms with Gasteiger partial charge in [0.25, 0.3) is 0 Å². The maximum absolute atomic E-state index is 8.04. The van der Waals surface area contributed by atoms with Crippen LogP contribution in [0.1, 0.15) is 5.69 Å². The van der Waals surface area contributed by atoms with E-state index in [0.29, 0.717) is 36.4 Å². The van der Waals surface area contributed by atoms with Gasteiger partial charge in [-0.1, -0.05) is 12.1 Å². The number of aryl methyl sites for hydroxylation is 2. The molecule has 2 aromatic heterocycles. The minimum absolute atomic E-state index is 0.344. The Hall–Kier alpha value is -4.05. The molecule has 0 saturated carbocycles. The largest absolute Gasteiger partial charge is 0.378 e. The van der Waals surface area contributed by atoms with E-state index in [0.717, 1.165) is 46.6 Å². The summed E-state index contributed by atoms with van der Waals surface area (Å²) in [6.45, 7) is 4.79. The highest BCUT2D eigenvalue weighted by Crippen LogP contribution is 2.28. The fourth-order valence-electron chi connectivity index (χ4n) is 4.12. The number of ether oxygens (including phenoxy) is 1. The van der Waals surface area contributed by atoms with Crippen LogP contribution in [-0.4, -0.2) is 64.5 Å². The summed E-state index contributed by atoms with van der Waals surface area (Å²) in [5.41, 5.74) is 8.29. The van der Waals surface area contributed by atoms with Crippen LogP contribution in [0.2, 0.25) is 0 Å². The lowest BCUT2D eigenvalue weighted by atomic mass is 10.1. The minimum atomic E-state index is 0.344. The van der Waals surface area contributed by atoms with Crippen LogP contribution >= 0.6 is 0 Å². The third-order valence-corrected chi connectivity index (χ3v) is 5.84. The number of hydrazone groups is 1. The topological polar surface area (TPSA) is 116 Å². The number of hydrogen-bond acceptors (Lipinski definition) is 9. The Morgan fingerprint density at radius 3 is 2.74 bits per heavy atom. The fourth-order valence-corrected chi connectivity index (χ4v) is 4.12. The van der Waals surface area contributed by atoms with Crippen molar-refractivity contribution < 1.29 is 4.74 Å². The summed E-state index contributed by atoms with van der Waals surface area (Å²) in [5.74, 6) is 1.32. The van der Waals surface area contributed by atoms with E-state index in [-0.39, 0.29) is 0 Å². The van der Waals surface area contributed by atoms with E-state index < -0.39 is 0 Å². The van der Waals surface area contributed by atoms with Gasteiger partial charge in [-0.25, -0.2) is 4.98 Å². The summed E-state index contributed by atoms with van der Waals surface area (Å²) in [4.78, 5) is 11.8. The second kappa shape index (κ2) is 9.06. The maximum atomic E-state index is 8.04. The van der Waals surface area contributed by atoms with Crippen molar-refractivity contribution in [2.75, 3.05) is 43.6 Å². The van der Waals surface area contributed by atoms with Gasteiger partial charge in [0.05, 0.1) is 35.8 Å². The van der Waals surface area contributed by atoms with Gasteiger partial charge in [-0.15, -0.1) is 0 Å². The number of nitrogens with zero attached hydrogens (tertiary/aromatic N) is 6. The average molecular weight is 458 g/mol. The molecule has 1 saturated heterocycles. The Balaban J connectivity index is 1.56. The van der Waals surface area contributed by atoms with Crippen molar-refractivity contribution in [3.8, 4) is 11.3 Å². The first-order valence-electron chi connectivity index (χ1n) is 11.2. The molecule has 2 aliphatic rings. The van der Waals surface area contributed by atoms with Gasteiger partial charge in [-0.3, -0.25) is 10.1 Å². The zero-order valence-corrected chi connectivity index (χ0v) is 19.5. The molecule has 0 unspecified atom stereocenters. The molecule has 10 nitrogen and oxygen atoms in total. The van der Waals surface area contributed by atoms with Gasteiger partial charge in [-0.05, 0) is 31.2 Å². The number of aromatic nitrogens is 4. The number of hydrogen-bond donors (Lipinski definition) is 3. The van der Waals surface area contributed by atoms with Crippen molar-refractivity contribution in [3.05, 3.63) is 53.9 Å². The van der Waals surface area contributed by atoms with Gasteiger partial charge in [0.15, 0.2) is 0 Å². The van der Waals surface area contributed by atoms with Crippen molar-refractivity contribution in [2.24, 2.45) is 12.1 Å². The Bertz CT molecular complexity index is 1350. The molecule has 0 atom stereocenters. The molecule has 1 fully saturated rings. The first-order chi connectivity index (χ1) is 16.5. The lowest BCUT2D eigenvalue weighted by Gasteiger charge is -2.27. The van der Waals surface area contributed by atoms with Crippen LogP contribution in [0.5, 0.6) is 0 Å². The predicted octanol–water partition coefficient (Wildman–Crippen LogP) is 2.64. The van der Waals surface area contributed by atoms with Crippen LogP contribution in [0.4, 0.5) is 11.8 Å². The molecular formula is C24H27N9O. The van der Waals surface area contributed by atoms with E-state index in [9.17, 15) is 0 Å². The predicted molar refractivity (Wildman–Crippen MR) is 135 cm³/mol. The quantitative estimate of drug-likeness (QED) is 0.398. The van der Waals surface area contributed by atoms with E-state index in [1.165, 1.54) is 0 Å². The van der Waals surface area contributed by atoms with Crippen LogP contribution in [-0.2, 0) is 11.8 Å². The average Bonchev–Trinajstić information content (AvgIpc) is 3.14. The molecular weight excluding hydrogens is 430 g/mol. The Labute approximate surface area is 197 Å². The number of nitrogens with one attached hydrogen (secondary N) is 3. The molecule has 3 heterocycles. The van der Waals surface area contributed by atoms with E-state index >= 15 is 0 Å². The zero-order valence-electron chi connectivity index (χ0n) is 19.5. The number of morpholine rings is 1. The lowest BCUT2D eigenvalue weighted by molar-refractivity contribution is 0.122. The van der Waals surface area contributed by atoms with Crippen molar-refractivity contribution in [1.29, 1.82) is 5.41 Å². The normalized spacial score (nSPS) is 17.4. The van der Waals surface area contributed by atoms with Gasteiger partial charge in [-0.2, -0.15) is 15.2 Å². The number of rotatable bonds is 5. The van der Waals surface area contributed by atoms with Crippen molar-refractivity contribution in [2.45, 2.75) is 6.92 Å². The third kappa shape index (κ3) is 4.27. The second-order valence-corrected chi connectivity index (χ2v) is 8.17.